The molecule has 27 heavy (non-hydrogen) atoms. The maximum absolute atomic E-state index is 12.5. The molecular formula is C19H29N3O4S. The van der Waals surface area contributed by atoms with Crippen molar-refractivity contribution in [3.8, 4) is 0 Å². The van der Waals surface area contributed by atoms with Crippen LogP contribution in [0.25, 0.3) is 6.08 Å². The molecular weight excluding hydrogens is 366 g/mol. The predicted molar refractivity (Wildman–Crippen MR) is 107 cm³/mol. The maximum atomic E-state index is 12.5. The molecule has 1 aromatic rings. The number of carbonyl (C=O) groups excluding carboxylic acids is 1. The lowest BCUT2D eigenvalue weighted by Gasteiger charge is -2.35. The lowest BCUT2D eigenvalue weighted by atomic mass is 10.2. The molecule has 0 aliphatic carbocycles. The van der Waals surface area contributed by atoms with Gasteiger partial charge in [0.1, 0.15) is 0 Å². The fraction of sp³-hybridized carbons (Fsp3) is 0.526. The van der Waals surface area contributed by atoms with Crippen LogP contribution >= 0.6 is 0 Å². The highest BCUT2D eigenvalue weighted by Crippen LogP contribution is 2.07. The van der Waals surface area contributed by atoms with E-state index in [1.807, 2.05) is 18.2 Å². The molecule has 1 heterocycles. The summed E-state index contributed by atoms with van der Waals surface area (Å²) in [6.07, 6.45) is 5.34. The van der Waals surface area contributed by atoms with Gasteiger partial charge in [-0.1, -0.05) is 42.5 Å². The molecule has 1 aromatic carbocycles. The fourth-order valence-electron chi connectivity index (χ4n) is 2.89. The van der Waals surface area contributed by atoms with E-state index in [1.54, 1.807) is 4.90 Å². The van der Waals surface area contributed by atoms with E-state index >= 15 is 0 Å². The van der Waals surface area contributed by atoms with Gasteiger partial charge in [0, 0.05) is 46.4 Å². The van der Waals surface area contributed by atoms with Crippen LogP contribution in [0.15, 0.2) is 36.4 Å². The number of nitrogens with zero attached hydrogens (tertiary/aromatic N) is 3. The molecule has 1 aliphatic rings. The number of sulfonamides is 1. The first kappa shape index (κ1) is 21.6. The van der Waals surface area contributed by atoms with Gasteiger partial charge >= 0.3 is 0 Å². The molecule has 0 unspecified atom stereocenters. The summed E-state index contributed by atoms with van der Waals surface area (Å²) in [7, 11) is -1.93. The Labute approximate surface area is 162 Å². The van der Waals surface area contributed by atoms with Crippen LogP contribution in [-0.4, -0.2) is 94.2 Å². The molecule has 150 valence electrons. The topological polar surface area (TPSA) is 70.2 Å². The number of piperazine rings is 1. The smallest absolute Gasteiger partial charge is 0.237 e. The molecule has 1 aliphatic heterocycles. The van der Waals surface area contributed by atoms with E-state index in [1.165, 1.54) is 17.0 Å². The molecule has 1 fully saturated rings. The molecule has 8 heteroatoms. The van der Waals surface area contributed by atoms with E-state index in [9.17, 15) is 13.2 Å². The zero-order chi connectivity index (χ0) is 19.7. The van der Waals surface area contributed by atoms with Gasteiger partial charge in [-0.05, 0) is 5.56 Å². The monoisotopic (exact) mass is 395 g/mol. The molecule has 1 amide bonds. The Morgan fingerprint density at radius 3 is 2.44 bits per heavy atom. The molecule has 7 nitrogen and oxygen atoms in total. The van der Waals surface area contributed by atoms with Gasteiger partial charge in [-0.2, -0.15) is 4.31 Å². The largest absolute Gasteiger partial charge is 0.383 e. The lowest BCUT2D eigenvalue weighted by molar-refractivity contribution is -0.133. The van der Waals surface area contributed by atoms with Gasteiger partial charge in [-0.15, -0.1) is 0 Å². The van der Waals surface area contributed by atoms with Crippen LogP contribution in [0.2, 0.25) is 0 Å². The van der Waals surface area contributed by atoms with Crippen LogP contribution in [0.5, 0.6) is 0 Å². The number of ether oxygens (including phenoxy) is 1. The zero-order valence-electron chi connectivity index (χ0n) is 16.1. The Morgan fingerprint density at radius 1 is 1.19 bits per heavy atom. The van der Waals surface area contributed by atoms with Crippen LogP contribution in [-0.2, 0) is 19.6 Å². The Hall–Kier alpha value is -1.74. The number of carbonyl (C=O) groups is 1. The minimum absolute atomic E-state index is 0.129. The van der Waals surface area contributed by atoms with Crippen molar-refractivity contribution in [2.75, 3.05) is 65.8 Å². The van der Waals surface area contributed by atoms with Crippen LogP contribution in [0.4, 0.5) is 0 Å². The average molecular weight is 396 g/mol. The lowest BCUT2D eigenvalue weighted by Crippen LogP contribution is -2.51. The van der Waals surface area contributed by atoms with Crippen molar-refractivity contribution in [2.24, 2.45) is 0 Å². The van der Waals surface area contributed by atoms with Gasteiger partial charge < -0.3 is 9.64 Å². The average Bonchev–Trinajstić information content (AvgIpc) is 2.65. The van der Waals surface area contributed by atoms with Crippen LogP contribution < -0.4 is 0 Å². The van der Waals surface area contributed by atoms with Crippen molar-refractivity contribution in [3.63, 3.8) is 0 Å². The van der Waals surface area contributed by atoms with Crippen molar-refractivity contribution in [1.82, 2.24) is 14.1 Å². The second-order valence-corrected chi connectivity index (χ2v) is 8.57. The van der Waals surface area contributed by atoms with Gasteiger partial charge in [-0.25, -0.2) is 8.42 Å². The number of methoxy groups -OCH3 is 1. The second-order valence-electron chi connectivity index (χ2n) is 6.58. The third-order valence-corrected chi connectivity index (χ3v) is 5.77. The molecule has 0 atom stereocenters. The third kappa shape index (κ3) is 7.42. The quantitative estimate of drug-likeness (QED) is 0.617. The van der Waals surface area contributed by atoms with Crippen molar-refractivity contribution >= 4 is 22.0 Å². The van der Waals surface area contributed by atoms with Crippen LogP contribution in [0.1, 0.15) is 5.56 Å². The Bertz CT molecular complexity index is 714. The van der Waals surface area contributed by atoms with Gasteiger partial charge in [0.05, 0.1) is 19.4 Å². The molecule has 0 aromatic heterocycles. The Kier molecular flexibility index (Phi) is 8.43. The number of rotatable bonds is 9. The number of benzene rings is 1. The van der Waals surface area contributed by atoms with E-state index in [0.717, 1.165) is 25.9 Å². The molecule has 0 bridgehead atoms. The fourth-order valence-corrected chi connectivity index (χ4v) is 3.64. The highest BCUT2D eigenvalue weighted by Gasteiger charge is 2.25. The highest BCUT2D eigenvalue weighted by atomic mass is 32.2. The van der Waals surface area contributed by atoms with E-state index in [4.69, 9.17) is 4.74 Å². The number of amides is 1. The SMILES string of the molecule is COCCN(CC(=O)N1CCN(C/C=C/c2ccccc2)CC1)S(C)(=O)=O. The molecule has 0 saturated carbocycles. The van der Waals surface area contributed by atoms with Crippen LogP contribution in [0.3, 0.4) is 0 Å². The van der Waals surface area contributed by atoms with Gasteiger partial charge in [0.15, 0.2) is 0 Å². The van der Waals surface area contributed by atoms with Crippen molar-refractivity contribution < 1.29 is 17.9 Å². The first-order valence-corrected chi connectivity index (χ1v) is 10.9. The third-order valence-electron chi connectivity index (χ3n) is 4.52. The van der Waals surface area contributed by atoms with Gasteiger partial charge in [-0.3, -0.25) is 9.69 Å². The normalized spacial score (nSPS) is 16.3. The summed E-state index contributed by atoms with van der Waals surface area (Å²) in [5.74, 6) is -0.156. The summed E-state index contributed by atoms with van der Waals surface area (Å²) in [4.78, 5) is 16.5. The minimum atomic E-state index is -3.43. The van der Waals surface area contributed by atoms with E-state index in [2.05, 4.69) is 29.2 Å². The molecule has 0 N–H and O–H groups in total. The molecule has 1 saturated heterocycles. The molecule has 2 rings (SSSR count). The zero-order valence-corrected chi connectivity index (χ0v) is 16.9. The highest BCUT2D eigenvalue weighted by molar-refractivity contribution is 7.88. The van der Waals surface area contributed by atoms with E-state index in [-0.39, 0.29) is 25.6 Å². The molecule has 0 spiro atoms. The Balaban J connectivity index is 1.78. The maximum Gasteiger partial charge on any atom is 0.237 e. The second kappa shape index (κ2) is 10.6. The number of hydrogen-bond acceptors (Lipinski definition) is 5. The number of hydrogen-bond donors (Lipinski definition) is 0. The predicted octanol–water partition coefficient (Wildman–Crippen LogP) is 0.752. The Morgan fingerprint density at radius 2 is 1.85 bits per heavy atom. The summed E-state index contributed by atoms with van der Waals surface area (Å²) in [5, 5.41) is 0. The van der Waals surface area contributed by atoms with Crippen molar-refractivity contribution in [1.29, 1.82) is 0 Å². The summed E-state index contributed by atoms with van der Waals surface area (Å²) < 4.78 is 29.8. The summed E-state index contributed by atoms with van der Waals surface area (Å²) >= 11 is 0. The van der Waals surface area contributed by atoms with Gasteiger partial charge in [0.25, 0.3) is 0 Å². The first-order valence-electron chi connectivity index (χ1n) is 9.06. The summed E-state index contributed by atoms with van der Waals surface area (Å²) in [5.41, 5.74) is 1.17. The standard InChI is InChI=1S/C19H29N3O4S/c1-26-16-15-22(27(2,24)25)17-19(23)21-13-11-20(12-14-21)10-6-9-18-7-4-3-5-8-18/h3-9H,10-17H2,1-2H3/b9-6+. The van der Waals surface area contributed by atoms with E-state index < -0.39 is 10.0 Å². The van der Waals surface area contributed by atoms with Crippen molar-refractivity contribution in [3.05, 3.63) is 42.0 Å². The molecule has 0 radical (unpaired) electrons. The first-order chi connectivity index (χ1) is 12.9. The van der Waals surface area contributed by atoms with E-state index in [0.29, 0.717) is 13.1 Å². The van der Waals surface area contributed by atoms with Gasteiger partial charge in [0.2, 0.25) is 15.9 Å². The summed E-state index contributed by atoms with van der Waals surface area (Å²) in [6.45, 7) is 3.94. The summed E-state index contributed by atoms with van der Waals surface area (Å²) in [6, 6.07) is 10.1. The minimum Gasteiger partial charge on any atom is -0.383 e. The van der Waals surface area contributed by atoms with Crippen molar-refractivity contribution in [2.45, 2.75) is 0 Å². The van der Waals surface area contributed by atoms with Crippen LogP contribution in [0, 0.1) is 0 Å².